The Bertz CT molecular complexity index is 461. The molecule has 4 nitrogen and oxygen atoms in total. The number of nitrogens with zero attached hydrogens (tertiary/aromatic N) is 1. The number of aromatic nitrogens is 1. The summed E-state index contributed by atoms with van der Waals surface area (Å²) in [6.45, 7) is 6.31. The van der Waals surface area contributed by atoms with E-state index in [1.54, 1.807) is 11.3 Å². The highest BCUT2D eigenvalue weighted by molar-refractivity contribution is 7.16. The Morgan fingerprint density at radius 2 is 2.20 bits per heavy atom. The summed E-state index contributed by atoms with van der Waals surface area (Å²) in [5.74, 6) is 0.725. The Labute approximate surface area is 131 Å². The lowest BCUT2D eigenvalue weighted by Crippen LogP contribution is -2.23. The predicted molar refractivity (Wildman–Crippen MR) is 86.6 cm³/mol. The number of rotatable bonds is 4. The highest BCUT2D eigenvalue weighted by atomic mass is 35.5. The minimum absolute atomic E-state index is 0. The monoisotopic (exact) mass is 317 g/mol. The molecule has 0 spiro atoms. The molecule has 0 saturated heterocycles. The fraction of sp³-hybridized carbons (Fsp3) is 0.714. The van der Waals surface area contributed by atoms with E-state index in [0.717, 1.165) is 41.4 Å². The number of anilines is 1. The van der Waals surface area contributed by atoms with Crippen LogP contribution in [-0.4, -0.2) is 16.9 Å². The van der Waals surface area contributed by atoms with Crippen molar-refractivity contribution in [2.75, 3.05) is 5.32 Å². The van der Waals surface area contributed by atoms with Gasteiger partial charge in [0.2, 0.25) is 5.91 Å². The molecule has 1 aliphatic rings. The smallest absolute Gasteiger partial charge is 0.228 e. The van der Waals surface area contributed by atoms with E-state index in [1.807, 2.05) is 6.92 Å². The topological polar surface area (TPSA) is 68.0 Å². The molecule has 1 aromatic rings. The van der Waals surface area contributed by atoms with Crippen molar-refractivity contribution in [3.63, 3.8) is 0 Å². The molecule has 6 heteroatoms. The number of hydrogen-bond donors (Lipinski definition) is 2. The molecule has 0 aromatic carbocycles. The second-order valence-electron chi connectivity index (χ2n) is 5.87. The first-order chi connectivity index (χ1) is 8.95. The van der Waals surface area contributed by atoms with Crippen molar-refractivity contribution in [3.8, 4) is 0 Å². The summed E-state index contributed by atoms with van der Waals surface area (Å²) in [6, 6.07) is 0.189. The third-order valence-corrected chi connectivity index (χ3v) is 4.42. The van der Waals surface area contributed by atoms with Crippen LogP contribution in [0.3, 0.4) is 0 Å². The minimum Gasteiger partial charge on any atom is -0.328 e. The predicted octanol–water partition coefficient (Wildman–Crippen LogP) is 3.14. The molecule has 0 radical (unpaired) electrons. The molecule has 1 amide bonds. The lowest BCUT2D eigenvalue weighted by Gasteiger charge is -2.11. The van der Waals surface area contributed by atoms with Crippen LogP contribution in [0.4, 0.5) is 5.00 Å². The van der Waals surface area contributed by atoms with Gasteiger partial charge >= 0.3 is 0 Å². The fourth-order valence-corrected chi connectivity index (χ4v) is 3.41. The van der Waals surface area contributed by atoms with Gasteiger partial charge in [-0.1, -0.05) is 13.8 Å². The van der Waals surface area contributed by atoms with Gasteiger partial charge in [-0.3, -0.25) is 4.79 Å². The summed E-state index contributed by atoms with van der Waals surface area (Å²) in [5, 5.41) is 5.00. The van der Waals surface area contributed by atoms with Gasteiger partial charge in [-0.2, -0.15) is 0 Å². The van der Waals surface area contributed by atoms with Crippen LogP contribution in [0.5, 0.6) is 0 Å². The van der Waals surface area contributed by atoms with E-state index in [9.17, 15) is 4.79 Å². The van der Waals surface area contributed by atoms with Crippen LogP contribution in [-0.2, 0) is 11.2 Å². The van der Waals surface area contributed by atoms with Gasteiger partial charge in [-0.15, -0.1) is 23.7 Å². The zero-order chi connectivity index (χ0) is 14.0. The molecular formula is C14H24ClN3OS. The SMILES string of the molecule is Cc1nc(CC(C)C)c(NC(=O)C2CCC(N)C2)s1.Cl. The second-order valence-corrected chi connectivity index (χ2v) is 7.07. The van der Waals surface area contributed by atoms with Crippen LogP contribution in [0.1, 0.15) is 43.8 Å². The van der Waals surface area contributed by atoms with E-state index in [-0.39, 0.29) is 30.3 Å². The molecule has 2 rings (SSSR count). The Balaban J connectivity index is 0.00000200. The van der Waals surface area contributed by atoms with Gasteiger partial charge in [0.05, 0.1) is 10.7 Å². The van der Waals surface area contributed by atoms with Crippen LogP contribution >= 0.6 is 23.7 Å². The molecule has 2 atom stereocenters. The first kappa shape index (κ1) is 17.4. The number of carbonyl (C=O) groups is 1. The second kappa shape index (κ2) is 7.38. The Kier molecular flexibility index (Phi) is 6.43. The fourth-order valence-electron chi connectivity index (χ4n) is 2.56. The number of thiazole rings is 1. The molecule has 1 aliphatic carbocycles. The molecule has 1 saturated carbocycles. The summed E-state index contributed by atoms with van der Waals surface area (Å²) in [5.41, 5.74) is 6.89. The molecule has 1 fully saturated rings. The molecule has 114 valence electrons. The van der Waals surface area contributed by atoms with Crippen molar-refractivity contribution in [2.24, 2.45) is 17.6 Å². The zero-order valence-electron chi connectivity index (χ0n) is 12.3. The summed E-state index contributed by atoms with van der Waals surface area (Å²) < 4.78 is 0. The van der Waals surface area contributed by atoms with Crippen molar-refractivity contribution in [3.05, 3.63) is 10.7 Å². The number of hydrogen-bond acceptors (Lipinski definition) is 4. The Hall–Kier alpha value is -0.650. The van der Waals surface area contributed by atoms with Gasteiger partial charge in [0, 0.05) is 12.0 Å². The molecule has 1 aromatic heterocycles. The number of aryl methyl sites for hydroxylation is 1. The van der Waals surface area contributed by atoms with E-state index in [4.69, 9.17) is 5.73 Å². The lowest BCUT2D eigenvalue weighted by atomic mass is 10.1. The van der Waals surface area contributed by atoms with Crippen LogP contribution in [0, 0.1) is 18.8 Å². The van der Waals surface area contributed by atoms with Crippen molar-refractivity contribution < 1.29 is 4.79 Å². The number of amides is 1. The van der Waals surface area contributed by atoms with Crippen LogP contribution in [0.25, 0.3) is 0 Å². The van der Waals surface area contributed by atoms with Crippen LogP contribution < -0.4 is 11.1 Å². The van der Waals surface area contributed by atoms with Crippen LogP contribution in [0.15, 0.2) is 0 Å². The Morgan fingerprint density at radius 1 is 1.50 bits per heavy atom. The van der Waals surface area contributed by atoms with E-state index in [1.165, 1.54) is 0 Å². The van der Waals surface area contributed by atoms with E-state index >= 15 is 0 Å². The number of halogens is 1. The average Bonchev–Trinajstić information content (AvgIpc) is 2.85. The van der Waals surface area contributed by atoms with Crippen molar-refractivity contribution >= 4 is 34.7 Å². The molecule has 2 unspecified atom stereocenters. The van der Waals surface area contributed by atoms with Gasteiger partial charge in [-0.25, -0.2) is 4.98 Å². The maximum absolute atomic E-state index is 12.2. The minimum atomic E-state index is 0. The third-order valence-electron chi connectivity index (χ3n) is 3.49. The first-order valence-electron chi connectivity index (χ1n) is 6.98. The number of carbonyl (C=O) groups excluding carboxylic acids is 1. The number of nitrogens with one attached hydrogen (secondary N) is 1. The standard InChI is InChI=1S/C14H23N3OS.ClH/c1-8(2)6-12-14(19-9(3)16-12)17-13(18)10-4-5-11(15)7-10;/h8,10-11H,4-7,15H2,1-3H3,(H,17,18);1H. The summed E-state index contributed by atoms with van der Waals surface area (Å²) >= 11 is 1.57. The first-order valence-corrected chi connectivity index (χ1v) is 7.80. The molecule has 0 aliphatic heterocycles. The van der Waals surface area contributed by atoms with E-state index in [2.05, 4.69) is 24.1 Å². The van der Waals surface area contributed by atoms with Gasteiger partial charge in [-0.05, 0) is 38.5 Å². The average molecular weight is 318 g/mol. The van der Waals surface area contributed by atoms with Gasteiger partial charge < -0.3 is 11.1 Å². The zero-order valence-corrected chi connectivity index (χ0v) is 13.9. The van der Waals surface area contributed by atoms with Crippen molar-refractivity contribution in [1.29, 1.82) is 0 Å². The van der Waals surface area contributed by atoms with E-state index < -0.39 is 0 Å². The summed E-state index contributed by atoms with van der Waals surface area (Å²) in [7, 11) is 0. The van der Waals surface area contributed by atoms with Gasteiger partial charge in [0.1, 0.15) is 5.00 Å². The maximum Gasteiger partial charge on any atom is 0.228 e. The molecule has 0 bridgehead atoms. The van der Waals surface area contributed by atoms with E-state index in [0.29, 0.717) is 5.92 Å². The van der Waals surface area contributed by atoms with Crippen LogP contribution in [0.2, 0.25) is 0 Å². The molecule has 1 heterocycles. The summed E-state index contributed by atoms with van der Waals surface area (Å²) in [4.78, 5) is 16.7. The molecule has 3 N–H and O–H groups in total. The maximum atomic E-state index is 12.2. The molecule has 20 heavy (non-hydrogen) atoms. The summed E-state index contributed by atoms with van der Waals surface area (Å²) in [6.07, 6.45) is 3.58. The van der Waals surface area contributed by atoms with Gasteiger partial charge in [0.25, 0.3) is 0 Å². The Morgan fingerprint density at radius 3 is 2.75 bits per heavy atom. The lowest BCUT2D eigenvalue weighted by molar-refractivity contribution is -0.119. The highest BCUT2D eigenvalue weighted by Gasteiger charge is 2.28. The molecular weight excluding hydrogens is 294 g/mol. The quantitative estimate of drug-likeness (QED) is 0.896. The number of nitrogens with two attached hydrogens (primary N) is 1. The van der Waals surface area contributed by atoms with Crippen molar-refractivity contribution in [2.45, 2.75) is 52.5 Å². The highest BCUT2D eigenvalue weighted by Crippen LogP contribution is 2.30. The normalized spacial score (nSPS) is 21.9. The largest absolute Gasteiger partial charge is 0.328 e. The van der Waals surface area contributed by atoms with Gasteiger partial charge in [0.15, 0.2) is 0 Å². The third kappa shape index (κ3) is 4.43. The van der Waals surface area contributed by atoms with Crippen molar-refractivity contribution in [1.82, 2.24) is 4.98 Å².